The first-order chi connectivity index (χ1) is 8.12. The number of rotatable bonds is 6. The molecule has 0 atom stereocenters. The molecule has 0 bridgehead atoms. The number of carbonyl (C=O) groups is 1. The fraction of sp³-hybridized carbons (Fsp3) is 0.583. The second-order valence-electron chi connectivity index (χ2n) is 3.89. The first kappa shape index (κ1) is 14.3. The van der Waals surface area contributed by atoms with Crippen molar-refractivity contribution in [2.75, 3.05) is 13.0 Å². The number of hydrogen-bond acceptors (Lipinski definition) is 3. The van der Waals surface area contributed by atoms with Crippen LogP contribution in [0.5, 0.6) is 5.75 Å². The lowest BCUT2D eigenvalue weighted by Gasteiger charge is -2.30. The monoisotopic (exact) mass is 275 g/mol. The van der Waals surface area contributed by atoms with Crippen molar-refractivity contribution in [3.05, 3.63) is 16.3 Å². The van der Waals surface area contributed by atoms with E-state index in [0.29, 0.717) is 16.5 Å². The average molecular weight is 276 g/mol. The summed E-state index contributed by atoms with van der Waals surface area (Å²) in [5.41, 5.74) is -0.326. The average Bonchev–Trinajstić information content (AvgIpc) is 2.84. The van der Waals surface area contributed by atoms with E-state index in [1.165, 1.54) is 11.3 Å². The van der Waals surface area contributed by atoms with Crippen molar-refractivity contribution in [1.82, 2.24) is 5.32 Å². The SMILES string of the molecule is CCC(CC)(CCl)NC(=O)c1sccc1OC. The minimum atomic E-state index is -0.326. The van der Waals surface area contributed by atoms with E-state index in [1.54, 1.807) is 13.2 Å². The molecule has 1 amide bonds. The molecular formula is C12H18ClNO2S. The van der Waals surface area contributed by atoms with Gasteiger partial charge in [-0.05, 0) is 24.3 Å². The number of carbonyl (C=O) groups excluding carboxylic acids is 1. The van der Waals surface area contributed by atoms with Crippen LogP contribution in [0.4, 0.5) is 0 Å². The van der Waals surface area contributed by atoms with Crippen LogP contribution in [0, 0.1) is 0 Å². The van der Waals surface area contributed by atoms with Gasteiger partial charge in [0.1, 0.15) is 10.6 Å². The van der Waals surface area contributed by atoms with Crippen molar-refractivity contribution < 1.29 is 9.53 Å². The molecule has 0 spiro atoms. The van der Waals surface area contributed by atoms with Crippen molar-refractivity contribution in [2.45, 2.75) is 32.2 Å². The number of thiophene rings is 1. The number of methoxy groups -OCH3 is 1. The van der Waals surface area contributed by atoms with E-state index in [9.17, 15) is 4.79 Å². The highest BCUT2D eigenvalue weighted by atomic mass is 35.5. The molecule has 0 radical (unpaired) electrons. The number of alkyl halides is 1. The lowest BCUT2D eigenvalue weighted by atomic mass is 9.95. The molecule has 0 saturated heterocycles. The third-order valence-electron chi connectivity index (χ3n) is 3.04. The summed E-state index contributed by atoms with van der Waals surface area (Å²) < 4.78 is 5.14. The summed E-state index contributed by atoms with van der Waals surface area (Å²) in [6, 6.07) is 1.79. The maximum absolute atomic E-state index is 12.1. The molecule has 17 heavy (non-hydrogen) atoms. The van der Waals surface area contributed by atoms with Crippen LogP contribution in [0.25, 0.3) is 0 Å². The second-order valence-corrected chi connectivity index (χ2v) is 5.08. The topological polar surface area (TPSA) is 38.3 Å². The first-order valence-corrected chi connectivity index (χ1v) is 7.03. The quantitative estimate of drug-likeness (QED) is 0.809. The van der Waals surface area contributed by atoms with Crippen molar-refractivity contribution in [1.29, 1.82) is 0 Å². The summed E-state index contributed by atoms with van der Waals surface area (Å²) >= 11 is 7.34. The van der Waals surface area contributed by atoms with Gasteiger partial charge in [-0.3, -0.25) is 4.79 Å². The van der Waals surface area contributed by atoms with Crippen molar-refractivity contribution in [2.24, 2.45) is 0 Å². The fourth-order valence-corrected chi connectivity index (χ4v) is 2.77. The predicted octanol–water partition coefficient (Wildman–Crippen LogP) is 3.28. The molecule has 0 aliphatic carbocycles. The standard InChI is InChI=1S/C12H18ClNO2S/c1-4-12(5-2,8-13)14-11(15)10-9(16-3)6-7-17-10/h6-7H,4-5,8H2,1-3H3,(H,14,15). The van der Waals surface area contributed by atoms with Crippen LogP contribution in [-0.2, 0) is 0 Å². The molecule has 0 unspecified atom stereocenters. The highest BCUT2D eigenvalue weighted by molar-refractivity contribution is 7.12. The summed E-state index contributed by atoms with van der Waals surface area (Å²) in [7, 11) is 1.56. The molecule has 0 aromatic carbocycles. The molecule has 0 aliphatic heterocycles. The van der Waals surface area contributed by atoms with Gasteiger partial charge in [0.25, 0.3) is 5.91 Å². The molecular weight excluding hydrogens is 258 g/mol. The molecule has 1 heterocycles. The summed E-state index contributed by atoms with van der Waals surface area (Å²) in [6.45, 7) is 4.05. The maximum atomic E-state index is 12.1. The zero-order valence-corrected chi connectivity index (χ0v) is 12.0. The van der Waals surface area contributed by atoms with Crippen LogP contribution < -0.4 is 10.1 Å². The van der Waals surface area contributed by atoms with Gasteiger partial charge < -0.3 is 10.1 Å². The molecule has 5 heteroatoms. The van der Waals surface area contributed by atoms with Gasteiger partial charge in [-0.15, -0.1) is 22.9 Å². The zero-order valence-electron chi connectivity index (χ0n) is 10.4. The van der Waals surface area contributed by atoms with E-state index in [2.05, 4.69) is 5.32 Å². The Balaban J connectivity index is 2.84. The number of amides is 1. The van der Waals surface area contributed by atoms with Gasteiger partial charge in [0, 0.05) is 5.88 Å². The van der Waals surface area contributed by atoms with E-state index in [0.717, 1.165) is 12.8 Å². The molecule has 0 fully saturated rings. The third kappa shape index (κ3) is 3.13. The van der Waals surface area contributed by atoms with Crippen LogP contribution in [0.15, 0.2) is 11.4 Å². The molecule has 1 aromatic rings. The van der Waals surface area contributed by atoms with Crippen LogP contribution in [0.1, 0.15) is 36.4 Å². The fourth-order valence-electron chi connectivity index (χ4n) is 1.57. The smallest absolute Gasteiger partial charge is 0.265 e. The molecule has 0 saturated carbocycles. The largest absolute Gasteiger partial charge is 0.495 e. The van der Waals surface area contributed by atoms with Gasteiger partial charge in [0.05, 0.1) is 12.6 Å². The van der Waals surface area contributed by atoms with E-state index in [4.69, 9.17) is 16.3 Å². The second kappa shape index (κ2) is 6.26. The molecule has 1 rings (SSSR count). The Hall–Kier alpha value is -0.740. The van der Waals surface area contributed by atoms with Crippen LogP contribution in [-0.4, -0.2) is 24.4 Å². The van der Waals surface area contributed by atoms with Gasteiger partial charge in [-0.25, -0.2) is 0 Å². The van der Waals surface area contributed by atoms with E-state index < -0.39 is 0 Å². The Kier molecular flexibility index (Phi) is 5.28. The molecule has 96 valence electrons. The van der Waals surface area contributed by atoms with Gasteiger partial charge in [-0.2, -0.15) is 0 Å². The lowest BCUT2D eigenvalue weighted by molar-refractivity contribution is 0.0904. The van der Waals surface area contributed by atoms with Crippen molar-refractivity contribution in [3.63, 3.8) is 0 Å². The lowest BCUT2D eigenvalue weighted by Crippen LogP contribution is -2.49. The van der Waals surface area contributed by atoms with E-state index >= 15 is 0 Å². The molecule has 1 aromatic heterocycles. The Bertz CT molecular complexity index is 366. The number of hydrogen-bond donors (Lipinski definition) is 1. The molecule has 3 nitrogen and oxygen atoms in total. The Morgan fingerprint density at radius 2 is 2.18 bits per heavy atom. The minimum absolute atomic E-state index is 0.110. The number of nitrogens with one attached hydrogen (secondary N) is 1. The van der Waals surface area contributed by atoms with Crippen LogP contribution in [0.3, 0.4) is 0 Å². The molecule has 1 N–H and O–H groups in total. The Morgan fingerprint density at radius 1 is 1.53 bits per heavy atom. The normalized spacial score (nSPS) is 11.3. The van der Waals surface area contributed by atoms with Gasteiger partial charge >= 0.3 is 0 Å². The van der Waals surface area contributed by atoms with E-state index in [-0.39, 0.29) is 11.4 Å². The van der Waals surface area contributed by atoms with Gasteiger partial charge in [0.2, 0.25) is 0 Å². The predicted molar refractivity (Wildman–Crippen MR) is 72.4 cm³/mol. The number of ether oxygens (including phenoxy) is 1. The van der Waals surface area contributed by atoms with Gasteiger partial charge in [-0.1, -0.05) is 13.8 Å². The zero-order chi connectivity index (χ0) is 12.9. The number of halogens is 1. The highest BCUT2D eigenvalue weighted by Gasteiger charge is 2.28. The van der Waals surface area contributed by atoms with Crippen LogP contribution in [0.2, 0.25) is 0 Å². The Labute approximate surface area is 111 Å². The summed E-state index contributed by atoms with van der Waals surface area (Å²) in [5, 5.41) is 4.86. The summed E-state index contributed by atoms with van der Waals surface area (Å²) in [4.78, 5) is 12.7. The van der Waals surface area contributed by atoms with Crippen molar-refractivity contribution >= 4 is 28.8 Å². The summed E-state index contributed by atoms with van der Waals surface area (Å²) in [6.07, 6.45) is 1.62. The third-order valence-corrected chi connectivity index (χ3v) is 4.45. The summed E-state index contributed by atoms with van der Waals surface area (Å²) in [5.74, 6) is 0.920. The minimum Gasteiger partial charge on any atom is -0.495 e. The van der Waals surface area contributed by atoms with Gasteiger partial charge in [0.15, 0.2) is 0 Å². The first-order valence-electron chi connectivity index (χ1n) is 5.62. The van der Waals surface area contributed by atoms with E-state index in [1.807, 2.05) is 19.2 Å². The highest BCUT2D eigenvalue weighted by Crippen LogP contribution is 2.26. The maximum Gasteiger partial charge on any atom is 0.265 e. The molecule has 0 aliphatic rings. The Morgan fingerprint density at radius 3 is 2.65 bits per heavy atom. The van der Waals surface area contributed by atoms with Crippen molar-refractivity contribution in [3.8, 4) is 5.75 Å². The van der Waals surface area contributed by atoms with Crippen LogP contribution >= 0.6 is 22.9 Å².